The minimum absolute atomic E-state index is 0.145. The van der Waals surface area contributed by atoms with E-state index in [-0.39, 0.29) is 6.04 Å². The Hall–Kier alpha value is -0.860. The smallest absolute Gasteiger partial charge is 0.0424 e. The average Bonchev–Trinajstić information content (AvgIpc) is 2.44. The molecule has 0 spiro atoms. The molecule has 0 saturated carbocycles. The van der Waals surface area contributed by atoms with Crippen LogP contribution in [0.3, 0.4) is 0 Å². The van der Waals surface area contributed by atoms with E-state index >= 15 is 0 Å². The molecule has 2 rings (SSSR count). The second kappa shape index (κ2) is 7.24. The number of aryl methyl sites for hydroxylation is 2. The van der Waals surface area contributed by atoms with Crippen molar-refractivity contribution in [3.8, 4) is 0 Å². The fraction of sp³-hybridized carbons (Fsp3) is 0.667. The van der Waals surface area contributed by atoms with E-state index in [0.29, 0.717) is 0 Å². The highest BCUT2D eigenvalue weighted by molar-refractivity contribution is 5.31. The molecule has 0 bridgehead atoms. The van der Waals surface area contributed by atoms with E-state index in [9.17, 15) is 0 Å². The van der Waals surface area contributed by atoms with E-state index in [0.717, 1.165) is 12.6 Å². The number of nitrogens with two attached hydrogens (primary N) is 1. The van der Waals surface area contributed by atoms with E-state index in [1.807, 2.05) is 0 Å². The normalized spacial score (nSPS) is 21.9. The lowest BCUT2D eigenvalue weighted by molar-refractivity contribution is 0.131. The first-order chi connectivity index (χ1) is 9.61. The second-order valence-electron chi connectivity index (χ2n) is 6.38. The van der Waals surface area contributed by atoms with Gasteiger partial charge in [-0.3, -0.25) is 4.90 Å². The summed E-state index contributed by atoms with van der Waals surface area (Å²) in [5.74, 6) is 0. The third-order valence-corrected chi connectivity index (χ3v) is 4.76. The average molecular weight is 274 g/mol. The van der Waals surface area contributed by atoms with Gasteiger partial charge in [0.1, 0.15) is 0 Å². The molecule has 1 heterocycles. The van der Waals surface area contributed by atoms with Gasteiger partial charge in [0, 0.05) is 18.6 Å². The lowest BCUT2D eigenvalue weighted by atomic mass is 9.96. The molecule has 1 saturated heterocycles. The van der Waals surface area contributed by atoms with E-state index in [1.54, 1.807) is 0 Å². The summed E-state index contributed by atoms with van der Waals surface area (Å²) in [6.45, 7) is 8.85. The minimum Gasteiger partial charge on any atom is -0.323 e. The number of piperidine rings is 1. The van der Waals surface area contributed by atoms with Gasteiger partial charge in [0.15, 0.2) is 0 Å². The Balaban J connectivity index is 2.01. The third kappa shape index (κ3) is 3.83. The molecule has 20 heavy (non-hydrogen) atoms. The zero-order chi connectivity index (χ0) is 14.5. The quantitative estimate of drug-likeness (QED) is 0.880. The van der Waals surface area contributed by atoms with E-state index in [1.165, 1.54) is 55.3 Å². The molecule has 2 N–H and O–H groups in total. The topological polar surface area (TPSA) is 29.3 Å². The van der Waals surface area contributed by atoms with Crippen LogP contribution >= 0.6 is 0 Å². The molecule has 1 aromatic rings. The van der Waals surface area contributed by atoms with Crippen LogP contribution in [0.25, 0.3) is 0 Å². The van der Waals surface area contributed by atoms with E-state index in [2.05, 4.69) is 43.9 Å². The lowest BCUT2D eigenvalue weighted by Gasteiger charge is -2.37. The van der Waals surface area contributed by atoms with Gasteiger partial charge >= 0.3 is 0 Å². The maximum absolute atomic E-state index is 6.46. The Morgan fingerprint density at radius 1 is 1.25 bits per heavy atom. The monoisotopic (exact) mass is 274 g/mol. The molecular weight excluding hydrogens is 244 g/mol. The summed E-state index contributed by atoms with van der Waals surface area (Å²) in [5, 5.41) is 0. The summed E-state index contributed by atoms with van der Waals surface area (Å²) in [6, 6.07) is 7.56. The Morgan fingerprint density at radius 3 is 2.75 bits per heavy atom. The summed E-state index contributed by atoms with van der Waals surface area (Å²) in [4.78, 5) is 2.63. The van der Waals surface area contributed by atoms with Crippen LogP contribution in [-0.2, 0) is 0 Å². The highest BCUT2D eigenvalue weighted by Gasteiger charge is 2.23. The van der Waals surface area contributed by atoms with Crippen LogP contribution < -0.4 is 5.73 Å². The van der Waals surface area contributed by atoms with Gasteiger partial charge in [-0.05, 0) is 56.3 Å². The van der Waals surface area contributed by atoms with E-state index in [4.69, 9.17) is 5.73 Å². The number of rotatable bonds is 5. The first-order valence-electron chi connectivity index (χ1n) is 8.18. The van der Waals surface area contributed by atoms with Crippen LogP contribution in [0.5, 0.6) is 0 Å². The second-order valence-corrected chi connectivity index (χ2v) is 6.38. The number of nitrogens with zero attached hydrogens (tertiary/aromatic N) is 1. The van der Waals surface area contributed by atoms with Crippen LogP contribution in [-0.4, -0.2) is 24.0 Å². The molecule has 1 aromatic carbocycles. The largest absolute Gasteiger partial charge is 0.323 e. The minimum atomic E-state index is 0.145. The number of benzene rings is 1. The van der Waals surface area contributed by atoms with E-state index < -0.39 is 0 Å². The molecule has 2 nitrogen and oxygen atoms in total. The van der Waals surface area contributed by atoms with Crippen molar-refractivity contribution < 1.29 is 0 Å². The Bertz CT molecular complexity index is 425. The Labute approximate surface area is 124 Å². The van der Waals surface area contributed by atoms with Gasteiger partial charge < -0.3 is 5.73 Å². The first-order valence-corrected chi connectivity index (χ1v) is 8.18. The zero-order valence-electron chi connectivity index (χ0n) is 13.4. The number of hydrogen-bond donors (Lipinski definition) is 1. The molecule has 1 aliphatic rings. The first kappa shape index (κ1) is 15.5. The Morgan fingerprint density at radius 2 is 2.05 bits per heavy atom. The summed E-state index contributed by atoms with van der Waals surface area (Å²) in [7, 11) is 0. The highest BCUT2D eigenvalue weighted by atomic mass is 15.2. The zero-order valence-corrected chi connectivity index (χ0v) is 13.4. The fourth-order valence-corrected chi connectivity index (χ4v) is 3.31. The van der Waals surface area contributed by atoms with Crippen LogP contribution in [0.2, 0.25) is 0 Å². The van der Waals surface area contributed by atoms with Crippen molar-refractivity contribution >= 4 is 0 Å². The third-order valence-electron chi connectivity index (χ3n) is 4.76. The standard InChI is InChI=1S/C18H30N2/c1-4-7-17-8-5-6-11-20(17)13-18(19)16-10-9-14(2)15(3)12-16/h9-10,12,17-18H,4-8,11,13,19H2,1-3H3. The maximum atomic E-state index is 6.46. The summed E-state index contributed by atoms with van der Waals surface area (Å²) in [5.41, 5.74) is 10.4. The van der Waals surface area contributed by atoms with Crippen LogP contribution in [0, 0.1) is 13.8 Å². The van der Waals surface area contributed by atoms with Gasteiger partial charge in [-0.2, -0.15) is 0 Å². The molecule has 0 aliphatic carbocycles. The van der Waals surface area contributed by atoms with Crippen molar-refractivity contribution in [2.24, 2.45) is 5.73 Å². The van der Waals surface area contributed by atoms with Crippen molar-refractivity contribution in [3.05, 3.63) is 34.9 Å². The maximum Gasteiger partial charge on any atom is 0.0424 e. The highest BCUT2D eigenvalue weighted by Crippen LogP contribution is 2.24. The van der Waals surface area contributed by atoms with Crippen molar-refractivity contribution in [3.63, 3.8) is 0 Å². The molecular formula is C18H30N2. The van der Waals surface area contributed by atoms with Crippen LogP contribution in [0.15, 0.2) is 18.2 Å². The predicted octanol–water partition coefficient (Wildman–Crippen LogP) is 3.96. The number of likely N-dealkylation sites (tertiary alicyclic amines) is 1. The van der Waals surface area contributed by atoms with Crippen LogP contribution in [0.4, 0.5) is 0 Å². The predicted molar refractivity (Wildman–Crippen MR) is 87.0 cm³/mol. The molecule has 2 heteroatoms. The van der Waals surface area contributed by atoms with Gasteiger partial charge in [0.2, 0.25) is 0 Å². The molecule has 1 aliphatic heterocycles. The number of hydrogen-bond acceptors (Lipinski definition) is 2. The molecule has 1 fully saturated rings. The molecule has 2 atom stereocenters. The van der Waals surface area contributed by atoms with Gasteiger partial charge in [-0.15, -0.1) is 0 Å². The SMILES string of the molecule is CCCC1CCCCN1CC(N)c1ccc(C)c(C)c1. The van der Waals surface area contributed by atoms with Gasteiger partial charge in [-0.1, -0.05) is 38.0 Å². The van der Waals surface area contributed by atoms with Crippen molar-refractivity contribution in [1.82, 2.24) is 4.90 Å². The lowest BCUT2D eigenvalue weighted by Crippen LogP contribution is -2.43. The van der Waals surface area contributed by atoms with Crippen LogP contribution in [0.1, 0.15) is 61.8 Å². The van der Waals surface area contributed by atoms with Gasteiger partial charge in [0.05, 0.1) is 0 Å². The summed E-state index contributed by atoms with van der Waals surface area (Å²) in [6.07, 6.45) is 6.67. The Kier molecular flexibility index (Phi) is 5.62. The van der Waals surface area contributed by atoms with Gasteiger partial charge in [-0.25, -0.2) is 0 Å². The van der Waals surface area contributed by atoms with Gasteiger partial charge in [0.25, 0.3) is 0 Å². The molecule has 0 aromatic heterocycles. The molecule has 2 unspecified atom stereocenters. The van der Waals surface area contributed by atoms with Crippen molar-refractivity contribution in [1.29, 1.82) is 0 Å². The van der Waals surface area contributed by atoms with Crippen molar-refractivity contribution in [2.75, 3.05) is 13.1 Å². The molecule has 0 radical (unpaired) electrons. The summed E-state index contributed by atoms with van der Waals surface area (Å²) >= 11 is 0. The molecule has 112 valence electrons. The fourth-order valence-electron chi connectivity index (χ4n) is 3.31. The van der Waals surface area contributed by atoms with Crippen molar-refractivity contribution in [2.45, 2.75) is 65.0 Å². The molecule has 0 amide bonds. The summed E-state index contributed by atoms with van der Waals surface area (Å²) < 4.78 is 0.